The van der Waals surface area contributed by atoms with Gasteiger partial charge in [-0.15, -0.1) is 0 Å². The fourth-order valence-corrected chi connectivity index (χ4v) is 1.98. The van der Waals surface area contributed by atoms with E-state index in [1.54, 1.807) is 6.20 Å². The molecular formula is C15H13N3. The normalized spacial score (nSPS) is 10.5. The molecule has 88 valence electrons. The summed E-state index contributed by atoms with van der Waals surface area (Å²) in [5, 5.41) is 4.16. The quantitative estimate of drug-likeness (QED) is 0.683. The van der Waals surface area contributed by atoms with Gasteiger partial charge in [0.2, 0.25) is 0 Å². The standard InChI is InChI=1S/C15H13N3/c1-18-15(9-10-17-18)13-7-8-14(16-11-13)12-5-3-2-4-6-12/h2-11H,1H3. The number of benzene rings is 1. The van der Waals surface area contributed by atoms with Crippen LogP contribution in [0.5, 0.6) is 0 Å². The zero-order chi connectivity index (χ0) is 12.4. The van der Waals surface area contributed by atoms with Gasteiger partial charge in [-0.25, -0.2) is 0 Å². The van der Waals surface area contributed by atoms with Crippen molar-refractivity contribution in [3.05, 3.63) is 60.9 Å². The number of nitrogens with zero attached hydrogens (tertiary/aromatic N) is 3. The Hall–Kier alpha value is -2.42. The predicted molar refractivity (Wildman–Crippen MR) is 71.9 cm³/mol. The molecule has 0 saturated heterocycles. The molecule has 2 heterocycles. The molecule has 18 heavy (non-hydrogen) atoms. The molecule has 0 N–H and O–H groups in total. The first-order valence-corrected chi connectivity index (χ1v) is 5.84. The van der Waals surface area contributed by atoms with Crippen molar-refractivity contribution >= 4 is 0 Å². The molecule has 0 saturated carbocycles. The number of hydrogen-bond acceptors (Lipinski definition) is 2. The third-order valence-electron chi connectivity index (χ3n) is 2.95. The minimum Gasteiger partial charge on any atom is -0.268 e. The van der Waals surface area contributed by atoms with Crippen LogP contribution in [0.1, 0.15) is 0 Å². The summed E-state index contributed by atoms with van der Waals surface area (Å²) in [5.74, 6) is 0. The molecule has 0 aliphatic carbocycles. The SMILES string of the molecule is Cn1nccc1-c1ccc(-c2ccccc2)nc1. The van der Waals surface area contributed by atoms with Crippen LogP contribution >= 0.6 is 0 Å². The molecule has 3 nitrogen and oxygen atoms in total. The largest absolute Gasteiger partial charge is 0.268 e. The minimum absolute atomic E-state index is 0.988. The lowest BCUT2D eigenvalue weighted by atomic mass is 10.1. The summed E-state index contributed by atoms with van der Waals surface area (Å²) in [7, 11) is 1.93. The van der Waals surface area contributed by atoms with Gasteiger partial charge in [0.25, 0.3) is 0 Å². The molecule has 0 aliphatic rings. The van der Waals surface area contributed by atoms with Gasteiger partial charge in [-0.3, -0.25) is 9.67 Å². The van der Waals surface area contributed by atoms with Crippen LogP contribution < -0.4 is 0 Å². The van der Waals surface area contributed by atoms with Crippen LogP contribution in [-0.2, 0) is 7.05 Å². The molecular weight excluding hydrogens is 222 g/mol. The second kappa shape index (κ2) is 4.45. The first kappa shape index (κ1) is 10.7. The van der Waals surface area contributed by atoms with Crippen LogP contribution in [0.4, 0.5) is 0 Å². The van der Waals surface area contributed by atoms with E-state index in [0.717, 1.165) is 22.5 Å². The highest BCUT2D eigenvalue weighted by Gasteiger charge is 2.03. The van der Waals surface area contributed by atoms with Crippen LogP contribution in [0.3, 0.4) is 0 Å². The van der Waals surface area contributed by atoms with Crippen LogP contribution in [-0.4, -0.2) is 14.8 Å². The minimum atomic E-state index is 0.988. The smallest absolute Gasteiger partial charge is 0.0702 e. The molecule has 0 radical (unpaired) electrons. The Labute approximate surface area is 106 Å². The Morgan fingerprint density at radius 1 is 0.889 bits per heavy atom. The van der Waals surface area contributed by atoms with Gasteiger partial charge >= 0.3 is 0 Å². The van der Waals surface area contributed by atoms with Crippen molar-refractivity contribution in [2.45, 2.75) is 0 Å². The average Bonchev–Trinajstić information content (AvgIpc) is 2.86. The lowest BCUT2D eigenvalue weighted by Gasteiger charge is -2.04. The molecule has 0 amide bonds. The van der Waals surface area contributed by atoms with Crippen molar-refractivity contribution in [3.63, 3.8) is 0 Å². The van der Waals surface area contributed by atoms with Crippen molar-refractivity contribution in [1.82, 2.24) is 14.8 Å². The maximum absolute atomic E-state index is 4.50. The van der Waals surface area contributed by atoms with E-state index in [-0.39, 0.29) is 0 Å². The second-order valence-electron chi connectivity index (χ2n) is 4.14. The monoisotopic (exact) mass is 235 g/mol. The Morgan fingerprint density at radius 2 is 1.72 bits per heavy atom. The highest BCUT2D eigenvalue weighted by molar-refractivity contribution is 5.64. The lowest BCUT2D eigenvalue weighted by Crippen LogP contribution is -1.94. The first-order valence-electron chi connectivity index (χ1n) is 5.84. The topological polar surface area (TPSA) is 30.7 Å². The van der Waals surface area contributed by atoms with Crippen LogP contribution in [0.25, 0.3) is 22.5 Å². The van der Waals surface area contributed by atoms with Gasteiger partial charge in [0.05, 0.1) is 11.4 Å². The second-order valence-corrected chi connectivity index (χ2v) is 4.14. The molecule has 0 fully saturated rings. The van der Waals surface area contributed by atoms with Crippen molar-refractivity contribution in [3.8, 4) is 22.5 Å². The Kier molecular flexibility index (Phi) is 2.65. The molecule has 0 aliphatic heterocycles. The molecule has 1 aromatic carbocycles. The number of pyridine rings is 1. The molecule has 3 rings (SSSR count). The zero-order valence-corrected chi connectivity index (χ0v) is 10.1. The van der Waals surface area contributed by atoms with Crippen LogP contribution in [0.2, 0.25) is 0 Å². The van der Waals surface area contributed by atoms with Gasteiger partial charge in [-0.1, -0.05) is 30.3 Å². The predicted octanol–water partition coefficient (Wildman–Crippen LogP) is 3.15. The molecule has 3 aromatic rings. The number of rotatable bonds is 2. The van der Waals surface area contributed by atoms with Gasteiger partial charge in [-0.2, -0.15) is 5.10 Å². The third kappa shape index (κ3) is 1.91. The van der Waals surface area contributed by atoms with E-state index < -0.39 is 0 Å². The van der Waals surface area contributed by atoms with Crippen molar-refractivity contribution in [1.29, 1.82) is 0 Å². The summed E-state index contributed by atoms with van der Waals surface area (Å²) in [6.07, 6.45) is 3.68. The van der Waals surface area contributed by atoms with Gasteiger partial charge in [0.15, 0.2) is 0 Å². The molecule has 0 atom stereocenters. The summed E-state index contributed by atoms with van der Waals surface area (Å²) in [5.41, 5.74) is 4.27. The summed E-state index contributed by atoms with van der Waals surface area (Å²) in [6.45, 7) is 0. The average molecular weight is 235 g/mol. The fraction of sp³-hybridized carbons (Fsp3) is 0.0667. The highest BCUT2D eigenvalue weighted by atomic mass is 15.3. The van der Waals surface area contributed by atoms with E-state index in [1.807, 2.05) is 48.3 Å². The van der Waals surface area contributed by atoms with Crippen LogP contribution in [0, 0.1) is 0 Å². The summed E-state index contributed by atoms with van der Waals surface area (Å²) in [6, 6.07) is 16.3. The van der Waals surface area contributed by atoms with E-state index >= 15 is 0 Å². The van der Waals surface area contributed by atoms with Crippen molar-refractivity contribution < 1.29 is 0 Å². The Balaban J connectivity index is 1.97. The summed E-state index contributed by atoms with van der Waals surface area (Å²) < 4.78 is 1.85. The first-order chi connectivity index (χ1) is 8.84. The highest BCUT2D eigenvalue weighted by Crippen LogP contribution is 2.21. The molecule has 2 aromatic heterocycles. The van der Waals surface area contributed by atoms with Gasteiger partial charge in [-0.05, 0) is 18.2 Å². The molecule has 3 heteroatoms. The van der Waals surface area contributed by atoms with E-state index in [2.05, 4.69) is 28.3 Å². The van der Waals surface area contributed by atoms with E-state index in [4.69, 9.17) is 0 Å². The lowest BCUT2D eigenvalue weighted by molar-refractivity contribution is 0.775. The molecule has 0 bridgehead atoms. The third-order valence-corrected chi connectivity index (χ3v) is 2.95. The van der Waals surface area contributed by atoms with Crippen molar-refractivity contribution in [2.75, 3.05) is 0 Å². The van der Waals surface area contributed by atoms with Gasteiger partial charge < -0.3 is 0 Å². The Bertz CT molecular complexity index is 639. The van der Waals surface area contributed by atoms with E-state index in [9.17, 15) is 0 Å². The summed E-state index contributed by atoms with van der Waals surface area (Å²) in [4.78, 5) is 4.50. The van der Waals surface area contributed by atoms with Crippen molar-refractivity contribution in [2.24, 2.45) is 7.05 Å². The zero-order valence-electron chi connectivity index (χ0n) is 10.1. The fourth-order valence-electron chi connectivity index (χ4n) is 1.98. The van der Waals surface area contributed by atoms with Gasteiger partial charge in [0, 0.05) is 30.6 Å². The number of hydrogen-bond donors (Lipinski definition) is 0. The van der Waals surface area contributed by atoms with E-state index in [1.165, 1.54) is 0 Å². The van der Waals surface area contributed by atoms with E-state index in [0.29, 0.717) is 0 Å². The van der Waals surface area contributed by atoms with Crippen LogP contribution in [0.15, 0.2) is 60.9 Å². The number of aromatic nitrogens is 3. The molecule has 0 unspecified atom stereocenters. The maximum atomic E-state index is 4.50. The molecule has 0 spiro atoms. The summed E-state index contributed by atoms with van der Waals surface area (Å²) >= 11 is 0. The maximum Gasteiger partial charge on any atom is 0.0702 e. The number of aryl methyl sites for hydroxylation is 1. The van der Waals surface area contributed by atoms with Gasteiger partial charge in [0.1, 0.15) is 0 Å². The Morgan fingerprint density at radius 3 is 2.33 bits per heavy atom.